The third-order valence-corrected chi connectivity index (χ3v) is 6.47. The van der Waals surface area contributed by atoms with Crippen LogP contribution < -0.4 is 9.46 Å². The predicted molar refractivity (Wildman–Crippen MR) is 114 cm³/mol. The zero-order chi connectivity index (χ0) is 21.1. The van der Waals surface area contributed by atoms with E-state index in [1.54, 1.807) is 7.11 Å². The molecule has 28 heavy (non-hydrogen) atoms. The smallest absolute Gasteiger partial charge is 0.310 e. The number of carboxylic acid groups (broad SMARTS) is 1. The Morgan fingerprint density at radius 3 is 2.50 bits per heavy atom. The number of halogens is 1. The van der Waals surface area contributed by atoms with Crippen molar-refractivity contribution in [1.82, 2.24) is 4.72 Å². The van der Waals surface area contributed by atoms with Crippen molar-refractivity contribution in [3.05, 3.63) is 40.4 Å². The zero-order valence-corrected chi connectivity index (χ0v) is 18.6. The molecule has 2 aromatic carbocycles. The summed E-state index contributed by atoms with van der Waals surface area (Å²) in [6.07, 6.45) is -0.653. The van der Waals surface area contributed by atoms with E-state index >= 15 is 0 Å². The fourth-order valence-corrected chi connectivity index (χ4v) is 4.03. The van der Waals surface area contributed by atoms with E-state index in [9.17, 15) is 14.1 Å². The molecule has 2 rings (SSSR count). The number of carbonyl (C=O) groups is 2. The number of benzene rings is 2. The lowest BCUT2D eigenvalue weighted by Gasteiger charge is -2.28. The molecular weight excluding hydrogens is 446 g/mol. The number of carboxylic acids is 1. The van der Waals surface area contributed by atoms with Crippen LogP contribution in [0.2, 0.25) is 0 Å². The molecule has 0 aliphatic carbocycles. The molecule has 0 aliphatic rings. The highest BCUT2D eigenvalue weighted by atomic mass is 79.9. The summed E-state index contributed by atoms with van der Waals surface area (Å²) in [5.41, 5.74) is 0.758. The van der Waals surface area contributed by atoms with Crippen LogP contribution in [0.1, 0.15) is 45.2 Å². The molecule has 0 radical (unpaired) electrons. The number of aliphatic carboxylic acids is 1. The number of fused-ring (bicyclic) bond motifs is 1. The number of nitrogens with one attached hydrogen (secondary N) is 1. The lowest BCUT2D eigenvalue weighted by Crippen LogP contribution is -2.42. The molecule has 0 bridgehead atoms. The van der Waals surface area contributed by atoms with Crippen molar-refractivity contribution in [2.24, 2.45) is 0 Å². The van der Waals surface area contributed by atoms with Gasteiger partial charge < -0.3 is 14.4 Å². The third kappa shape index (κ3) is 5.70. The molecule has 152 valence electrons. The molecule has 2 unspecified atom stereocenters. The number of hydrogen-bond donors (Lipinski definition) is 2. The van der Waals surface area contributed by atoms with Crippen LogP contribution in [0.3, 0.4) is 0 Å². The van der Waals surface area contributed by atoms with Crippen molar-refractivity contribution >= 4 is 49.8 Å². The molecule has 0 aliphatic heterocycles. The van der Waals surface area contributed by atoms with Crippen molar-refractivity contribution in [1.29, 1.82) is 0 Å². The average Bonchev–Trinajstić information content (AvgIpc) is 2.59. The van der Waals surface area contributed by atoms with E-state index in [4.69, 9.17) is 9.84 Å². The minimum atomic E-state index is -1.45. The van der Waals surface area contributed by atoms with Gasteiger partial charge in [-0.2, -0.15) is 0 Å². The molecule has 2 N–H and O–H groups in total. The average molecular weight is 470 g/mol. The normalized spacial score (nSPS) is 13.9. The second kappa shape index (κ2) is 9.26. The first kappa shape index (κ1) is 22.7. The molecule has 8 heteroatoms. The van der Waals surface area contributed by atoms with Crippen LogP contribution in [0.5, 0.6) is 5.75 Å². The topological polar surface area (TPSA) is 98.7 Å². The highest BCUT2D eigenvalue weighted by Gasteiger charge is 2.32. The van der Waals surface area contributed by atoms with Gasteiger partial charge in [-0.1, -0.05) is 22.0 Å². The van der Waals surface area contributed by atoms with Crippen LogP contribution in [-0.2, 0) is 21.0 Å². The Balaban J connectivity index is 2.53. The molecule has 0 aromatic heterocycles. The number of hydrogen-bond acceptors (Lipinski definition) is 5. The van der Waals surface area contributed by atoms with Crippen molar-refractivity contribution in [2.45, 2.75) is 44.4 Å². The maximum atomic E-state index is 12.7. The Kier molecular flexibility index (Phi) is 7.50. The molecule has 0 amide bonds. The fourth-order valence-electron chi connectivity index (χ4n) is 2.73. The number of methoxy groups -OCH3 is 1. The second-order valence-corrected chi connectivity index (χ2v) is 10.3. The van der Waals surface area contributed by atoms with Gasteiger partial charge in [0.25, 0.3) is 0 Å². The first-order valence-corrected chi connectivity index (χ1v) is 10.6. The third-order valence-electron chi connectivity index (χ3n) is 4.17. The van der Waals surface area contributed by atoms with Gasteiger partial charge in [-0.05, 0) is 61.4 Å². The number of ether oxygens (including phenoxy) is 1. The van der Waals surface area contributed by atoms with Gasteiger partial charge in [0.05, 0.1) is 13.2 Å². The molecular formula is C20H24BrNO5S. The lowest BCUT2D eigenvalue weighted by atomic mass is 9.95. The summed E-state index contributed by atoms with van der Waals surface area (Å²) < 4.78 is 21.4. The number of rotatable bonds is 8. The number of Topliss-reactive ketones (excluding diaryl/α,β-unsaturated/α-hetero) is 1. The highest BCUT2D eigenvalue weighted by molar-refractivity contribution is 9.10. The number of carbonyl (C=O) groups excluding carboxylic acids is 1. The molecule has 2 atom stereocenters. The summed E-state index contributed by atoms with van der Waals surface area (Å²) >= 11 is 2.08. The summed E-state index contributed by atoms with van der Waals surface area (Å²) in [4.78, 5) is 23.2. The van der Waals surface area contributed by atoms with Crippen molar-refractivity contribution in [3.8, 4) is 5.75 Å². The molecule has 0 heterocycles. The van der Waals surface area contributed by atoms with Gasteiger partial charge in [0.2, 0.25) is 0 Å². The second-order valence-electron chi connectivity index (χ2n) is 7.41. The molecule has 0 saturated carbocycles. The van der Waals surface area contributed by atoms with Crippen LogP contribution in [0.25, 0.3) is 10.8 Å². The minimum Gasteiger partial charge on any atom is -0.598 e. The van der Waals surface area contributed by atoms with Gasteiger partial charge in [-0.3, -0.25) is 9.59 Å². The minimum absolute atomic E-state index is 0.0813. The largest absolute Gasteiger partial charge is 0.598 e. The summed E-state index contributed by atoms with van der Waals surface area (Å²) in [5, 5.41) is 10.7. The van der Waals surface area contributed by atoms with Crippen molar-refractivity contribution in [2.75, 3.05) is 7.11 Å². The van der Waals surface area contributed by atoms with Crippen LogP contribution in [-0.4, -0.2) is 33.3 Å². The van der Waals surface area contributed by atoms with Gasteiger partial charge in [0.15, 0.2) is 0 Å². The summed E-state index contributed by atoms with van der Waals surface area (Å²) in [6, 6.07) is 8.69. The van der Waals surface area contributed by atoms with Gasteiger partial charge in [-0.15, -0.1) is 4.72 Å². The van der Waals surface area contributed by atoms with E-state index in [0.717, 1.165) is 20.8 Å². The number of ketones is 1. The van der Waals surface area contributed by atoms with Crippen molar-refractivity contribution < 1.29 is 24.0 Å². The van der Waals surface area contributed by atoms with Crippen molar-refractivity contribution in [3.63, 3.8) is 0 Å². The Hall–Kier alpha value is -1.61. The summed E-state index contributed by atoms with van der Waals surface area (Å²) in [7, 11) is 1.57. The maximum Gasteiger partial charge on any atom is 0.310 e. The summed E-state index contributed by atoms with van der Waals surface area (Å²) in [5.74, 6) is -0.961. The molecule has 0 saturated heterocycles. The summed E-state index contributed by atoms with van der Waals surface area (Å²) in [6.45, 7) is 5.48. The standard InChI is InChI=1S/C20H24BrNO5S/c1-20(2,3)28(26)22-18(9-12(23)10-19(24)25)15-7-8-17(21)14-6-5-13(27-4)11-16(14)15/h5-8,11,18,22H,9-10H2,1-4H3,(H,24,25). The van der Waals surface area contributed by atoms with E-state index in [1.165, 1.54) is 0 Å². The Morgan fingerprint density at radius 2 is 1.93 bits per heavy atom. The predicted octanol–water partition coefficient (Wildman–Crippen LogP) is 4.14. The van der Waals surface area contributed by atoms with Crippen LogP contribution in [0.4, 0.5) is 0 Å². The monoisotopic (exact) mass is 469 g/mol. The van der Waals surface area contributed by atoms with Crippen LogP contribution >= 0.6 is 15.9 Å². The fraction of sp³-hybridized carbons (Fsp3) is 0.400. The van der Waals surface area contributed by atoms with E-state index < -0.39 is 40.3 Å². The molecule has 6 nitrogen and oxygen atoms in total. The Labute approximate surface area is 176 Å². The molecule has 0 spiro atoms. The van der Waals surface area contributed by atoms with E-state index in [1.807, 2.05) is 51.1 Å². The van der Waals surface area contributed by atoms with Crippen LogP contribution in [0, 0.1) is 0 Å². The first-order valence-electron chi connectivity index (χ1n) is 8.70. The quantitative estimate of drug-likeness (QED) is 0.445. The Morgan fingerprint density at radius 1 is 1.25 bits per heavy atom. The van der Waals surface area contributed by atoms with E-state index in [2.05, 4.69) is 20.7 Å². The maximum absolute atomic E-state index is 12.7. The SMILES string of the molecule is COc1ccc2c(Br)ccc(C(CC(=O)CC(=O)O)N[S+]([O-])C(C)(C)C)c2c1. The lowest BCUT2D eigenvalue weighted by molar-refractivity contribution is -0.140. The van der Waals surface area contributed by atoms with Gasteiger partial charge in [-0.25, -0.2) is 0 Å². The van der Waals surface area contributed by atoms with E-state index in [0.29, 0.717) is 5.75 Å². The van der Waals surface area contributed by atoms with Gasteiger partial charge in [0.1, 0.15) is 22.7 Å². The molecule has 2 aromatic rings. The molecule has 0 fully saturated rings. The van der Waals surface area contributed by atoms with Gasteiger partial charge in [0, 0.05) is 22.3 Å². The van der Waals surface area contributed by atoms with E-state index in [-0.39, 0.29) is 6.42 Å². The van der Waals surface area contributed by atoms with Crippen LogP contribution in [0.15, 0.2) is 34.8 Å². The Bertz CT molecular complexity index is 881. The zero-order valence-electron chi connectivity index (χ0n) is 16.2. The first-order chi connectivity index (χ1) is 13.0. The highest BCUT2D eigenvalue weighted by Crippen LogP contribution is 2.35. The van der Waals surface area contributed by atoms with Gasteiger partial charge >= 0.3 is 5.97 Å².